The van der Waals surface area contributed by atoms with Gasteiger partial charge in [-0.05, 0) is 38.1 Å². The molecule has 0 amide bonds. The van der Waals surface area contributed by atoms with Crippen molar-refractivity contribution in [2.24, 2.45) is 5.92 Å². The normalized spacial score (nSPS) is 16.3. The summed E-state index contributed by atoms with van der Waals surface area (Å²) in [5.41, 5.74) is 0. The van der Waals surface area contributed by atoms with Crippen LogP contribution in [0.25, 0.3) is 0 Å². The minimum atomic E-state index is 0. The van der Waals surface area contributed by atoms with E-state index in [0.717, 1.165) is 34.9 Å². The first-order valence-electron chi connectivity index (χ1n) is 5.70. The summed E-state index contributed by atoms with van der Waals surface area (Å²) in [4.78, 5) is 8.59. The van der Waals surface area contributed by atoms with E-state index in [0.29, 0.717) is 5.15 Å². The molecule has 3 nitrogen and oxygen atoms in total. The van der Waals surface area contributed by atoms with Crippen LogP contribution in [0.15, 0.2) is 16.2 Å². The molecule has 7 heteroatoms. The number of piperidine rings is 1. The van der Waals surface area contributed by atoms with Gasteiger partial charge in [0.1, 0.15) is 10.2 Å². The minimum absolute atomic E-state index is 0. The predicted octanol–water partition coefficient (Wildman–Crippen LogP) is 3.37. The fourth-order valence-electron chi connectivity index (χ4n) is 1.79. The first kappa shape index (κ1) is 16.4. The molecule has 18 heavy (non-hydrogen) atoms. The van der Waals surface area contributed by atoms with Crippen LogP contribution in [0.5, 0.6) is 0 Å². The number of nitrogens with one attached hydrogen (secondary N) is 1. The molecule has 0 bridgehead atoms. The molecule has 1 aliphatic rings. The molecule has 2 heterocycles. The van der Waals surface area contributed by atoms with Gasteiger partial charge in [-0.3, -0.25) is 0 Å². The molecule has 1 aliphatic heterocycles. The number of halogens is 2. The zero-order chi connectivity index (χ0) is 12.1. The number of rotatable bonds is 4. The minimum Gasteiger partial charge on any atom is -0.317 e. The third kappa shape index (κ3) is 5.13. The maximum Gasteiger partial charge on any atom is 0.189 e. The molecule has 0 unspecified atom stereocenters. The van der Waals surface area contributed by atoms with Crippen molar-refractivity contribution in [1.29, 1.82) is 0 Å². The maximum absolute atomic E-state index is 5.96. The third-order valence-electron chi connectivity index (χ3n) is 2.76. The van der Waals surface area contributed by atoms with Gasteiger partial charge in [-0.15, -0.1) is 24.2 Å². The molecule has 0 spiro atoms. The molecule has 0 aliphatic carbocycles. The summed E-state index contributed by atoms with van der Waals surface area (Å²) in [6.07, 6.45) is 4.50. The zero-order valence-electron chi connectivity index (χ0n) is 10.2. The van der Waals surface area contributed by atoms with Gasteiger partial charge < -0.3 is 5.32 Å². The van der Waals surface area contributed by atoms with Gasteiger partial charge in [-0.2, -0.15) is 0 Å². The van der Waals surface area contributed by atoms with Crippen molar-refractivity contribution in [3.05, 3.63) is 11.2 Å². The van der Waals surface area contributed by atoms with Crippen molar-refractivity contribution in [3.8, 4) is 0 Å². The second-order valence-corrected chi connectivity index (χ2v) is 6.22. The molecule has 1 aromatic heterocycles. The van der Waals surface area contributed by atoms with Crippen LogP contribution in [0.2, 0.25) is 5.15 Å². The SMILES string of the molecule is CSc1nc(Cl)cc(SCC2CCNCC2)n1.Cl. The number of aromatic nitrogens is 2. The van der Waals surface area contributed by atoms with Crippen LogP contribution in [-0.2, 0) is 0 Å². The van der Waals surface area contributed by atoms with Crippen LogP contribution in [0.1, 0.15) is 12.8 Å². The fourth-order valence-corrected chi connectivity index (χ4v) is 3.61. The molecule has 0 atom stereocenters. The molecule has 0 aromatic carbocycles. The van der Waals surface area contributed by atoms with Crippen LogP contribution < -0.4 is 5.32 Å². The quantitative estimate of drug-likeness (QED) is 0.522. The number of nitrogens with zero attached hydrogens (tertiary/aromatic N) is 2. The van der Waals surface area contributed by atoms with Gasteiger partial charge in [0.15, 0.2) is 5.16 Å². The van der Waals surface area contributed by atoms with Crippen LogP contribution in [0.3, 0.4) is 0 Å². The lowest BCUT2D eigenvalue weighted by Crippen LogP contribution is -2.28. The molecular weight excluding hydrogens is 309 g/mol. The molecule has 0 radical (unpaired) electrons. The Bertz CT molecular complexity index is 373. The van der Waals surface area contributed by atoms with Crippen molar-refractivity contribution in [2.75, 3.05) is 25.1 Å². The Hall–Kier alpha value is 0.320. The molecule has 1 fully saturated rings. The second kappa shape index (κ2) is 8.48. The molecular formula is C11H17Cl2N3S2. The van der Waals surface area contributed by atoms with E-state index in [1.54, 1.807) is 11.8 Å². The first-order valence-corrected chi connectivity index (χ1v) is 8.29. The van der Waals surface area contributed by atoms with Gasteiger partial charge in [0.2, 0.25) is 0 Å². The van der Waals surface area contributed by atoms with E-state index in [2.05, 4.69) is 15.3 Å². The lowest BCUT2D eigenvalue weighted by atomic mass is 10.0. The lowest BCUT2D eigenvalue weighted by Gasteiger charge is -2.21. The Morgan fingerprint density at radius 1 is 1.39 bits per heavy atom. The van der Waals surface area contributed by atoms with Gasteiger partial charge in [0.05, 0.1) is 0 Å². The predicted molar refractivity (Wildman–Crippen MR) is 82.4 cm³/mol. The van der Waals surface area contributed by atoms with Crippen LogP contribution >= 0.6 is 47.5 Å². The number of hydrogen-bond acceptors (Lipinski definition) is 5. The molecule has 2 rings (SSSR count). The number of thioether (sulfide) groups is 2. The Kier molecular flexibility index (Phi) is 7.72. The highest BCUT2D eigenvalue weighted by Crippen LogP contribution is 2.26. The van der Waals surface area contributed by atoms with Crippen molar-refractivity contribution in [2.45, 2.75) is 23.0 Å². The van der Waals surface area contributed by atoms with Crippen LogP contribution in [0, 0.1) is 5.92 Å². The van der Waals surface area contributed by atoms with Crippen molar-refractivity contribution < 1.29 is 0 Å². The van der Waals surface area contributed by atoms with Crippen molar-refractivity contribution >= 4 is 47.5 Å². The van der Waals surface area contributed by atoms with Crippen LogP contribution in [-0.4, -0.2) is 35.1 Å². The highest BCUT2D eigenvalue weighted by molar-refractivity contribution is 7.99. The average Bonchev–Trinajstić information content (AvgIpc) is 2.37. The summed E-state index contributed by atoms with van der Waals surface area (Å²) >= 11 is 9.29. The standard InChI is InChI=1S/C11H16ClN3S2.ClH/c1-16-11-14-9(12)6-10(15-11)17-7-8-2-4-13-5-3-8;/h6,8,13H,2-5,7H2,1H3;1H. The summed E-state index contributed by atoms with van der Waals surface area (Å²) in [5.74, 6) is 1.93. The summed E-state index contributed by atoms with van der Waals surface area (Å²) in [7, 11) is 0. The molecule has 1 N–H and O–H groups in total. The molecule has 1 saturated heterocycles. The summed E-state index contributed by atoms with van der Waals surface area (Å²) in [6, 6.07) is 1.85. The van der Waals surface area contributed by atoms with Gasteiger partial charge in [0, 0.05) is 11.8 Å². The smallest absolute Gasteiger partial charge is 0.189 e. The summed E-state index contributed by atoms with van der Waals surface area (Å²) < 4.78 is 0. The van der Waals surface area contributed by atoms with Gasteiger partial charge in [-0.1, -0.05) is 23.4 Å². The van der Waals surface area contributed by atoms with Gasteiger partial charge >= 0.3 is 0 Å². The zero-order valence-corrected chi connectivity index (χ0v) is 13.4. The van der Waals surface area contributed by atoms with E-state index in [9.17, 15) is 0 Å². The van der Waals surface area contributed by atoms with E-state index >= 15 is 0 Å². The number of hydrogen-bond donors (Lipinski definition) is 1. The van der Waals surface area contributed by atoms with E-state index in [-0.39, 0.29) is 12.4 Å². The van der Waals surface area contributed by atoms with Crippen molar-refractivity contribution in [1.82, 2.24) is 15.3 Å². The molecule has 0 saturated carbocycles. The highest BCUT2D eigenvalue weighted by atomic mass is 35.5. The summed E-state index contributed by atoms with van der Waals surface area (Å²) in [6.45, 7) is 2.29. The van der Waals surface area contributed by atoms with Gasteiger partial charge in [-0.25, -0.2) is 9.97 Å². The monoisotopic (exact) mass is 325 g/mol. The Morgan fingerprint density at radius 3 is 2.78 bits per heavy atom. The third-order valence-corrected chi connectivity index (χ3v) is 4.64. The topological polar surface area (TPSA) is 37.8 Å². The fraction of sp³-hybridized carbons (Fsp3) is 0.636. The highest BCUT2D eigenvalue weighted by Gasteiger charge is 2.14. The van der Waals surface area contributed by atoms with E-state index < -0.39 is 0 Å². The largest absolute Gasteiger partial charge is 0.317 e. The lowest BCUT2D eigenvalue weighted by molar-refractivity contribution is 0.408. The second-order valence-electron chi connectivity index (χ2n) is 4.02. The van der Waals surface area contributed by atoms with E-state index in [1.807, 2.05) is 12.3 Å². The average molecular weight is 326 g/mol. The summed E-state index contributed by atoms with van der Waals surface area (Å²) in [5, 5.41) is 5.67. The van der Waals surface area contributed by atoms with Crippen LogP contribution in [0.4, 0.5) is 0 Å². The Labute approximate surface area is 128 Å². The van der Waals surface area contributed by atoms with Gasteiger partial charge in [0.25, 0.3) is 0 Å². The van der Waals surface area contributed by atoms with Crippen molar-refractivity contribution in [3.63, 3.8) is 0 Å². The molecule has 102 valence electrons. The Balaban J connectivity index is 0.00000162. The first-order chi connectivity index (χ1) is 8.28. The maximum atomic E-state index is 5.96. The van der Waals surface area contributed by atoms with E-state index in [1.165, 1.54) is 24.6 Å². The molecule has 1 aromatic rings. The van der Waals surface area contributed by atoms with E-state index in [4.69, 9.17) is 11.6 Å². The Morgan fingerprint density at radius 2 is 2.11 bits per heavy atom.